The molecule has 5 heteroatoms. The van der Waals surface area contributed by atoms with Crippen LogP contribution in [0.1, 0.15) is 12.8 Å². The first-order chi connectivity index (χ1) is 9.74. The number of aliphatic hydroxyl groups is 1. The van der Waals surface area contributed by atoms with Gasteiger partial charge in [-0.2, -0.15) is 0 Å². The van der Waals surface area contributed by atoms with E-state index in [-0.39, 0.29) is 6.03 Å². The molecule has 1 aliphatic heterocycles. The van der Waals surface area contributed by atoms with Gasteiger partial charge in [0.25, 0.3) is 0 Å². The van der Waals surface area contributed by atoms with Gasteiger partial charge in [-0.15, -0.1) is 0 Å². The molecule has 20 heavy (non-hydrogen) atoms. The summed E-state index contributed by atoms with van der Waals surface area (Å²) in [6.07, 6.45) is 2.89. The summed E-state index contributed by atoms with van der Waals surface area (Å²) in [6, 6.07) is 9.35. The summed E-state index contributed by atoms with van der Waals surface area (Å²) in [4.78, 5) is 18.2. The second-order valence-electron chi connectivity index (χ2n) is 5.05. The maximum atomic E-state index is 12.2. The highest BCUT2D eigenvalue weighted by atomic mass is 16.3. The number of hydrogen-bond donors (Lipinski definition) is 2. The van der Waals surface area contributed by atoms with Crippen LogP contribution in [-0.2, 0) is 0 Å². The molecule has 3 rings (SSSR count). The molecule has 0 radical (unpaired) electrons. The van der Waals surface area contributed by atoms with Gasteiger partial charge in [0, 0.05) is 24.7 Å². The number of carbonyl (C=O) groups is 1. The number of carbonyl (C=O) groups excluding carboxylic acids is 1. The zero-order valence-electron chi connectivity index (χ0n) is 11.1. The number of urea groups is 1. The third kappa shape index (κ3) is 2.58. The van der Waals surface area contributed by atoms with Crippen molar-refractivity contribution >= 4 is 22.6 Å². The number of hydrogen-bond acceptors (Lipinski definition) is 3. The molecule has 104 valence electrons. The van der Waals surface area contributed by atoms with E-state index in [0.717, 1.165) is 23.7 Å². The van der Waals surface area contributed by atoms with E-state index >= 15 is 0 Å². The normalized spacial score (nSPS) is 19.1. The third-order valence-corrected chi connectivity index (χ3v) is 3.56. The Balaban J connectivity index is 1.80. The fraction of sp³-hybridized carbons (Fsp3) is 0.333. The minimum Gasteiger partial charge on any atom is -0.391 e. The topological polar surface area (TPSA) is 65.5 Å². The molecule has 0 bridgehead atoms. The highest BCUT2D eigenvalue weighted by Gasteiger charge is 2.22. The van der Waals surface area contributed by atoms with Gasteiger partial charge in [0.2, 0.25) is 0 Å². The number of amides is 2. The van der Waals surface area contributed by atoms with Crippen molar-refractivity contribution in [2.24, 2.45) is 0 Å². The summed E-state index contributed by atoms with van der Waals surface area (Å²) in [5, 5.41) is 13.5. The van der Waals surface area contributed by atoms with E-state index in [2.05, 4.69) is 10.3 Å². The lowest BCUT2D eigenvalue weighted by Crippen LogP contribution is -2.44. The molecule has 0 saturated carbocycles. The second kappa shape index (κ2) is 5.46. The molecule has 5 nitrogen and oxygen atoms in total. The molecule has 2 N–H and O–H groups in total. The maximum Gasteiger partial charge on any atom is 0.321 e. The first-order valence-corrected chi connectivity index (χ1v) is 6.82. The predicted molar refractivity (Wildman–Crippen MR) is 77.6 cm³/mol. The molecule has 1 fully saturated rings. The van der Waals surface area contributed by atoms with Crippen molar-refractivity contribution in [2.45, 2.75) is 18.9 Å². The molecule has 1 unspecified atom stereocenters. The summed E-state index contributed by atoms with van der Waals surface area (Å²) in [7, 11) is 0. The second-order valence-corrected chi connectivity index (χ2v) is 5.05. The number of anilines is 1. The fourth-order valence-electron chi connectivity index (χ4n) is 2.54. The summed E-state index contributed by atoms with van der Waals surface area (Å²) in [5.74, 6) is 0. The lowest BCUT2D eigenvalue weighted by atomic mass is 10.1. The average Bonchev–Trinajstić information content (AvgIpc) is 2.47. The monoisotopic (exact) mass is 271 g/mol. The van der Waals surface area contributed by atoms with Crippen molar-refractivity contribution in [1.29, 1.82) is 0 Å². The van der Waals surface area contributed by atoms with Crippen molar-refractivity contribution in [3.8, 4) is 0 Å². The van der Waals surface area contributed by atoms with Gasteiger partial charge in [0.05, 0.1) is 17.3 Å². The molecular formula is C15H17N3O2. The van der Waals surface area contributed by atoms with Crippen LogP contribution in [0.25, 0.3) is 10.9 Å². The standard InChI is InChI=1S/C15H17N3O2/c19-12-6-3-9-18(10-12)15(20)17-13-7-1-4-11-5-2-8-16-14(11)13/h1-2,4-5,7-8,12,19H,3,6,9-10H2,(H,17,20). The van der Waals surface area contributed by atoms with Gasteiger partial charge >= 0.3 is 6.03 Å². The zero-order valence-corrected chi connectivity index (χ0v) is 11.1. The van der Waals surface area contributed by atoms with E-state index in [9.17, 15) is 9.90 Å². The number of likely N-dealkylation sites (tertiary alicyclic amines) is 1. The number of piperidine rings is 1. The van der Waals surface area contributed by atoms with E-state index < -0.39 is 6.10 Å². The van der Waals surface area contributed by atoms with Crippen molar-refractivity contribution in [3.05, 3.63) is 36.5 Å². The SMILES string of the molecule is O=C(Nc1cccc2cccnc12)N1CCCC(O)C1. The van der Waals surface area contributed by atoms with Crippen LogP contribution in [0.2, 0.25) is 0 Å². The van der Waals surface area contributed by atoms with Crippen LogP contribution in [-0.4, -0.2) is 40.2 Å². The fourth-order valence-corrected chi connectivity index (χ4v) is 2.54. The highest BCUT2D eigenvalue weighted by molar-refractivity contribution is 5.99. The number of pyridine rings is 1. The first kappa shape index (κ1) is 12.9. The molecule has 0 spiro atoms. The molecule has 0 aliphatic carbocycles. The van der Waals surface area contributed by atoms with Crippen LogP contribution >= 0.6 is 0 Å². The van der Waals surface area contributed by atoms with Gasteiger partial charge in [-0.1, -0.05) is 18.2 Å². The van der Waals surface area contributed by atoms with Crippen molar-refractivity contribution in [3.63, 3.8) is 0 Å². The Morgan fingerprint density at radius 2 is 2.20 bits per heavy atom. The van der Waals surface area contributed by atoms with Crippen LogP contribution in [0, 0.1) is 0 Å². The molecule has 1 aromatic carbocycles. The third-order valence-electron chi connectivity index (χ3n) is 3.56. The summed E-state index contributed by atoms with van der Waals surface area (Å²) in [5.41, 5.74) is 1.48. The van der Waals surface area contributed by atoms with Crippen molar-refractivity contribution in [1.82, 2.24) is 9.88 Å². The molecule has 1 atom stereocenters. The number of aromatic nitrogens is 1. The number of β-amino-alcohol motifs (C(OH)–C–C–N with tert-alkyl or cyclic N) is 1. The Bertz CT molecular complexity index is 624. The Kier molecular flexibility index (Phi) is 3.52. The summed E-state index contributed by atoms with van der Waals surface area (Å²) >= 11 is 0. The van der Waals surface area contributed by atoms with Crippen molar-refractivity contribution < 1.29 is 9.90 Å². The van der Waals surface area contributed by atoms with Gasteiger partial charge < -0.3 is 15.3 Å². The van der Waals surface area contributed by atoms with E-state index in [1.165, 1.54) is 0 Å². The van der Waals surface area contributed by atoms with E-state index in [1.807, 2.05) is 30.3 Å². The largest absolute Gasteiger partial charge is 0.391 e. The number of fused-ring (bicyclic) bond motifs is 1. The van der Waals surface area contributed by atoms with Gasteiger partial charge in [0.1, 0.15) is 0 Å². The molecule has 2 amide bonds. The van der Waals surface area contributed by atoms with Gasteiger partial charge in [-0.25, -0.2) is 4.79 Å². The average molecular weight is 271 g/mol. The Hall–Kier alpha value is -2.14. The zero-order chi connectivity index (χ0) is 13.9. The quantitative estimate of drug-likeness (QED) is 0.836. The molecule has 1 aromatic heterocycles. The molecule has 2 aromatic rings. The van der Waals surface area contributed by atoms with Crippen LogP contribution in [0.5, 0.6) is 0 Å². The number of para-hydroxylation sites is 1. The number of aliphatic hydroxyl groups excluding tert-OH is 1. The van der Waals surface area contributed by atoms with Crippen LogP contribution < -0.4 is 5.32 Å². The van der Waals surface area contributed by atoms with Gasteiger partial charge in [-0.05, 0) is 25.0 Å². The predicted octanol–water partition coefficient (Wildman–Crippen LogP) is 2.22. The molecule has 2 heterocycles. The summed E-state index contributed by atoms with van der Waals surface area (Å²) in [6.45, 7) is 1.07. The molecule has 1 aliphatic rings. The highest BCUT2D eigenvalue weighted by Crippen LogP contribution is 2.21. The smallest absolute Gasteiger partial charge is 0.321 e. The first-order valence-electron chi connectivity index (χ1n) is 6.82. The van der Waals surface area contributed by atoms with Crippen LogP contribution in [0.3, 0.4) is 0 Å². The number of benzene rings is 1. The number of rotatable bonds is 1. The number of nitrogens with zero attached hydrogens (tertiary/aromatic N) is 2. The lowest BCUT2D eigenvalue weighted by molar-refractivity contribution is 0.0883. The summed E-state index contributed by atoms with van der Waals surface area (Å²) < 4.78 is 0. The van der Waals surface area contributed by atoms with E-state index in [1.54, 1.807) is 11.1 Å². The lowest BCUT2D eigenvalue weighted by Gasteiger charge is -2.30. The molecule has 1 saturated heterocycles. The minimum absolute atomic E-state index is 0.179. The minimum atomic E-state index is -0.417. The molecular weight excluding hydrogens is 254 g/mol. The Labute approximate surface area is 117 Å². The maximum absolute atomic E-state index is 12.2. The van der Waals surface area contributed by atoms with Gasteiger partial charge in [-0.3, -0.25) is 4.98 Å². The van der Waals surface area contributed by atoms with Crippen LogP contribution in [0.4, 0.5) is 10.5 Å². The number of nitrogens with one attached hydrogen (secondary N) is 1. The van der Waals surface area contributed by atoms with Crippen LogP contribution in [0.15, 0.2) is 36.5 Å². The van der Waals surface area contributed by atoms with Gasteiger partial charge in [0.15, 0.2) is 0 Å². The van der Waals surface area contributed by atoms with E-state index in [4.69, 9.17) is 0 Å². The van der Waals surface area contributed by atoms with E-state index in [0.29, 0.717) is 18.8 Å². The Morgan fingerprint density at radius 1 is 1.35 bits per heavy atom. The Morgan fingerprint density at radius 3 is 3.05 bits per heavy atom. The van der Waals surface area contributed by atoms with Crippen molar-refractivity contribution in [2.75, 3.05) is 18.4 Å².